The van der Waals surface area contributed by atoms with Crippen molar-refractivity contribution in [2.45, 2.75) is 96.7 Å². The molecular weight excluding hydrogens is 340 g/mol. The van der Waals surface area contributed by atoms with Crippen LogP contribution in [0.1, 0.15) is 90.4 Å². The molecule has 1 atom stereocenters. The summed E-state index contributed by atoms with van der Waals surface area (Å²) in [6, 6.07) is -0.0256. The van der Waals surface area contributed by atoms with Crippen LogP contribution < -0.4 is 10.6 Å². The topological polar surface area (TPSA) is 76.0 Å². The van der Waals surface area contributed by atoms with Crippen LogP contribution in [0.15, 0.2) is 6.20 Å². The summed E-state index contributed by atoms with van der Waals surface area (Å²) in [6.45, 7) is 10.2. The van der Waals surface area contributed by atoms with Crippen LogP contribution in [0.25, 0.3) is 0 Å². The molecule has 1 aromatic rings. The molecule has 2 amide bonds. The molecule has 0 aliphatic heterocycles. The van der Waals surface area contributed by atoms with Crippen molar-refractivity contribution in [2.75, 3.05) is 0 Å². The molecule has 0 unspecified atom stereocenters. The summed E-state index contributed by atoms with van der Waals surface area (Å²) in [5, 5.41) is 10.9. The van der Waals surface area contributed by atoms with Crippen molar-refractivity contribution in [1.29, 1.82) is 0 Å². The van der Waals surface area contributed by atoms with Gasteiger partial charge >= 0.3 is 0 Å². The zero-order valence-corrected chi connectivity index (χ0v) is 17.4. The molecule has 1 aromatic heterocycles. The molecule has 1 fully saturated rings. The van der Waals surface area contributed by atoms with Crippen LogP contribution >= 0.6 is 0 Å². The van der Waals surface area contributed by atoms with Gasteiger partial charge in [-0.05, 0) is 71.6 Å². The highest BCUT2D eigenvalue weighted by atomic mass is 16.2. The zero-order valence-electron chi connectivity index (χ0n) is 17.4. The van der Waals surface area contributed by atoms with Crippen molar-refractivity contribution in [3.63, 3.8) is 0 Å². The van der Waals surface area contributed by atoms with Crippen LogP contribution in [-0.4, -0.2) is 27.1 Å². The Balaban J connectivity index is 1.82. The number of carbonyl (C=O) groups is 2. The van der Waals surface area contributed by atoms with E-state index in [1.807, 2.05) is 6.20 Å². The van der Waals surface area contributed by atoms with Crippen molar-refractivity contribution in [1.82, 2.24) is 20.4 Å². The smallest absolute Gasteiger partial charge is 0.246 e. The number of aromatic nitrogens is 2. The first kappa shape index (κ1) is 19.9. The lowest BCUT2D eigenvalue weighted by molar-refractivity contribution is -0.135. The average Bonchev–Trinajstić information content (AvgIpc) is 3.02. The van der Waals surface area contributed by atoms with E-state index in [1.165, 1.54) is 12.6 Å². The van der Waals surface area contributed by atoms with Gasteiger partial charge in [0.2, 0.25) is 11.8 Å². The number of nitrogens with zero attached hydrogens (tertiary/aromatic N) is 2. The number of amides is 2. The van der Waals surface area contributed by atoms with Gasteiger partial charge in [-0.25, -0.2) is 0 Å². The molecule has 150 valence electrons. The molecule has 3 rings (SSSR count). The Hall–Kier alpha value is -1.85. The fourth-order valence-electron chi connectivity index (χ4n) is 4.58. The minimum Gasteiger partial charge on any atom is -0.347 e. The molecule has 0 bridgehead atoms. The number of fused-ring (bicyclic) bond motifs is 1. The first-order chi connectivity index (χ1) is 12.6. The van der Waals surface area contributed by atoms with E-state index in [1.54, 1.807) is 0 Å². The number of nitrogens with one attached hydrogen (secondary N) is 2. The van der Waals surface area contributed by atoms with Crippen molar-refractivity contribution < 1.29 is 9.59 Å². The Morgan fingerprint density at radius 1 is 1.22 bits per heavy atom. The third kappa shape index (κ3) is 4.04. The first-order valence-corrected chi connectivity index (χ1v) is 10.3. The van der Waals surface area contributed by atoms with E-state index in [0.717, 1.165) is 37.7 Å². The summed E-state index contributed by atoms with van der Waals surface area (Å²) in [7, 11) is 0. The second kappa shape index (κ2) is 7.28. The first-order valence-electron chi connectivity index (χ1n) is 10.3. The molecule has 27 heavy (non-hydrogen) atoms. The van der Waals surface area contributed by atoms with E-state index in [4.69, 9.17) is 0 Å². The average molecular weight is 375 g/mol. The molecule has 2 aliphatic carbocycles. The lowest BCUT2D eigenvalue weighted by atomic mass is 9.76. The minimum atomic E-state index is -0.768. The molecule has 1 saturated carbocycles. The van der Waals surface area contributed by atoms with Gasteiger partial charge in [0.25, 0.3) is 0 Å². The van der Waals surface area contributed by atoms with Crippen molar-refractivity contribution >= 4 is 11.8 Å². The van der Waals surface area contributed by atoms with Crippen LogP contribution in [0.3, 0.4) is 0 Å². The van der Waals surface area contributed by atoms with Crippen molar-refractivity contribution in [3.05, 3.63) is 17.5 Å². The Kier molecular flexibility index (Phi) is 5.37. The van der Waals surface area contributed by atoms with Crippen LogP contribution in [0, 0.1) is 5.92 Å². The van der Waals surface area contributed by atoms with Gasteiger partial charge in [-0.3, -0.25) is 14.3 Å². The highest BCUT2D eigenvalue weighted by Gasteiger charge is 2.43. The van der Waals surface area contributed by atoms with E-state index in [0.29, 0.717) is 18.8 Å². The van der Waals surface area contributed by atoms with Gasteiger partial charge in [0, 0.05) is 18.2 Å². The highest BCUT2D eigenvalue weighted by molar-refractivity contribution is 5.91. The summed E-state index contributed by atoms with van der Waals surface area (Å²) in [4.78, 5) is 25.1. The normalized spacial score (nSPS) is 28.3. The monoisotopic (exact) mass is 374 g/mol. The van der Waals surface area contributed by atoms with Gasteiger partial charge < -0.3 is 10.6 Å². The lowest BCUT2D eigenvalue weighted by Gasteiger charge is -2.40. The quantitative estimate of drug-likeness (QED) is 0.853. The number of carbonyl (C=O) groups excluding carboxylic acids is 2. The standard InChI is InChI=1S/C21H34N4O2/c1-14-9-11-21(12-10-14,24-15(2)26)19(27)23-17-7-6-8-18-16(17)13-22-25(18)20(3,4)5/h13-14,17H,6-12H2,1-5H3,(H,23,27)(H,24,26)/t14?,17-,21?/m1/s1. The van der Waals surface area contributed by atoms with E-state index in [2.05, 4.69) is 48.1 Å². The number of hydrogen-bond acceptors (Lipinski definition) is 3. The van der Waals surface area contributed by atoms with E-state index < -0.39 is 5.54 Å². The second-order valence-electron chi connectivity index (χ2n) is 9.49. The SMILES string of the molecule is CC(=O)NC1(C(=O)N[C@@H]2CCCc3c2cnn3C(C)(C)C)CCC(C)CC1. The second-order valence-corrected chi connectivity index (χ2v) is 9.49. The van der Waals surface area contributed by atoms with Gasteiger partial charge in [0.1, 0.15) is 5.54 Å². The Morgan fingerprint density at radius 3 is 2.48 bits per heavy atom. The van der Waals surface area contributed by atoms with E-state index in [9.17, 15) is 9.59 Å². The Bertz CT molecular complexity index is 708. The maximum Gasteiger partial charge on any atom is 0.246 e. The summed E-state index contributed by atoms with van der Waals surface area (Å²) in [6.07, 6.45) is 8.20. The van der Waals surface area contributed by atoms with Crippen LogP contribution in [-0.2, 0) is 21.5 Å². The van der Waals surface area contributed by atoms with Gasteiger partial charge in [0.05, 0.1) is 17.8 Å². The maximum atomic E-state index is 13.3. The molecule has 2 N–H and O–H groups in total. The fraction of sp³-hybridized carbons (Fsp3) is 0.762. The van der Waals surface area contributed by atoms with Crippen molar-refractivity contribution in [3.8, 4) is 0 Å². The Labute approximate surface area is 162 Å². The maximum absolute atomic E-state index is 13.3. The third-order valence-electron chi connectivity index (χ3n) is 6.10. The predicted molar refractivity (Wildman–Crippen MR) is 105 cm³/mol. The highest BCUT2D eigenvalue weighted by Crippen LogP contribution is 2.35. The van der Waals surface area contributed by atoms with Gasteiger partial charge in [-0.1, -0.05) is 6.92 Å². The molecule has 0 aromatic carbocycles. The summed E-state index contributed by atoms with van der Waals surface area (Å²) in [5.74, 6) is 0.432. The zero-order chi connectivity index (χ0) is 19.8. The lowest BCUT2D eigenvalue weighted by Crippen LogP contribution is -2.60. The number of rotatable bonds is 3. The van der Waals surface area contributed by atoms with E-state index in [-0.39, 0.29) is 23.4 Å². The minimum absolute atomic E-state index is 0.0256. The summed E-state index contributed by atoms with van der Waals surface area (Å²) in [5.41, 5.74) is 1.52. The molecular formula is C21H34N4O2. The summed E-state index contributed by atoms with van der Waals surface area (Å²) < 4.78 is 2.09. The largest absolute Gasteiger partial charge is 0.347 e. The predicted octanol–water partition coefficient (Wildman–Crippen LogP) is 3.22. The van der Waals surface area contributed by atoms with Crippen LogP contribution in [0.4, 0.5) is 0 Å². The van der Waals surface area contributed by atoms with Gasteiger partial charge in [-0.2, -0.15) is 5.10 Å². The van der Waals surface area contributed by atoms with Crippen LogP contribution in [0.5, 0.6) is 0 Å². The third-order valence-corrected chi connectivity index (χ3v) is 6.10. The summed E-state index contributed by atoms with van der Waals surface area (Å²) >= 11 is 0. The van der Waals surface area contributed by atoms with Gasteiger partial charge in [-0.15, -0.1) is 0 Å². The molecule has 0 saturated heterocycles. The van der Waals surface area contributed by atoms with Crippen molar-refractivity contribution in [2.24, 2.45) is 5.92 Å². The molecule has 0 radical (unpaired) electrons. The molecule has 1 heterocycles. The fourth-order valence-corrected chi connectivity index (χ4v) is 4.58. The molecule has 6 heteroatoms. The molecule has 2 aliphatic rings. The van der Waals surface area contributed by atoms with Gasteiger partial charge in [0.15, 0.2) is 0 Å². The molecule has 0 spiro atoms. The van der Waals surface area contributed by atoms with E-state index >= 15 is 0 Å². The number of hydrogen-bond donors (Lipinski definition) is 2. The Morgan fingerprint density at radius 2 is 1.89 bits per heavy atom. The molecule has 6 nitrogen and oxygen atoms in total. The van der Waals surface area contributed by atoms with Crippen LogP contribution in [0.2, 0.25) is 0 Å².